The molecular formula is C8H12O6. The molecule has 0 saturated carbocycles. The smallest absolute Gasteiger partial charge is 0.375 e. The molecule has 0 saturated heterocycles. The zero-order chi connectivity index (χ0) is 11.1. The molecule has 0 atom stereocenters. The van der Waals surface area contributed by atoms with Crippen LogP contribution in [0.4, 0.5) is 0 Å². The van der Waals surface area contributed by atoms with Crippen LogP contribution >= 0.6 is 0 Å². The molecule has 0 spiro atoms. The molecule has 0 aliphatic heterocycles. The molecule has 0 aromatic heterocycles. The van der Waals surface area contributed by atoms with E-state index in [1.165, 1.54) is 0 Å². The van der Waals surface area contributed by atoms with Gasteiger partial charge in [-0.15, -0.1) is 0 Å². The van der Waals surface area contributed by atoms with Gasteiger partial charge in [0.15, 0.2) is 0 Å². The molecule has 0 fully saturated rings. The minimum absolute atomic E-state index is 0.0610. The lowest BCUT2D eigenvalue weighted by atomic mass is 10.4. The third kappa shape index (κ3) is 3.34. The first-order valence-electron chi connectivity index (χ1n) is 4.01. The Hall–Kier alpha value is -1.72. The summed E-state index contributed by atoms with van der Waals surface area (Å²) in [5, 5.41) is 17.2. The number of ether oxygens (including phenoxy) is 2. The van der Waals surface area contributed by atoms with Crippen LogP contribution in [-0.4, -0.2) is 35.4 Å². The quantitative estimate of drug-likeness (QED) is 0.481. The molecule has 0 aromatic carbocycles. The highest BCUT2D eigenvalue weighted by Crippen LogP contribution is 2.09. The Morgan fingerprint density at radius 3 is 1.36 bits per heavy atom. The van der Waals surface area contributed by atoms with E-state index in [2.05, 4.69) is 9.47 Å². The molecule has 2 N–H and O–H groups in total. The predicted molar refractivity (Wildman–Crippen MR) is 45.5 cm³/mol. The van der Waals surface area contributed by atoms with E-state index >= 15 is 0 Å². The first-order valence-corrected chi connectivity index (χ1v) is 4.01. The van der Waals surface area contributed by atoms with Crippen molar-refractivity contribution in [3.8, 4) is 0 Å². The molecular weight excluding hydrogens is 192 g/mol. The van der Waals surface area contributed by atoms with Gasteiger partial charge in [-0.2, -0.15) is 0 Å². The van der Waals surface area contributed by atoms with Crippen LogP contribution in [0.25, 0.3) is 0 Å². The standard InChI is InChI=1S/C8H12O6/c1-3-13-5(7(9)10)6(8(11)12)14-4-2/h3-4H2,1-2H3,(H,9,10)(H,11,12)/b6-5+. The molecule has 0 bridgehead atoms. The topological polar surface area (TPSA) is 93.1 Å². The molecule has 0 rings (SSSR count). The van der Waals surface area contributed by atoms with Crippen molar-refractivity contribution in [2.75, 3.05) is 13.2 Å². The second-order valence-corrected chi connectivity index (χ2v) is 2.13. The van der Waals surface area contributed by atoms with Gasteiger partial charge in [0.1, 0.15) is 0 Å². The van der Waals surface area contributed by atoms with Gasteiger partial charge in [0, 0.05) is 0 Å². The van der Waals surface area contributed by atoms with Crippen LogP contribution in [0, 0.1) is 0 Å². The zero-order valence-corrected chi connectivity index (χ0v) is 7.94. The molecule has 0 aromatic rings. The average molecular weight is 204 g/mol. The molecule has 6 nitrogen and oxygen atoms in total. The maximum absolute atomic E-state index is 10.6. The normalized spacial score (nSPS) is 11.6. The maximum atomic E-state index is 10.6. The number of rotatable bonds is 6. The predicted octanol–water partition coefficient (Wildman–Crippen LogP) is 0.440. The lowest BCUT2D eigenvalue weighted by Gasteiger charge is -2.08. The third-order valence-electron chi connectivity index (χ3n) is 1.17. The van der Waals surface area contributed by atoms with Gasteiger partial charge in [-0.1, -0.05) is 0 Å². The van der Waals surface area contributed by atoms with Gasteiger partial charge in [-0.3, -0.25) is 0 Å². The summed E-state index contributed by atoms with van der Waals surface area (Å²) in [5.74, 6) is -4.28. The number of carboxylic acid groups (broad SMARTS) is 2. The highest BCUT2D eigenvalue weighted by molar-refractivity contribution is 5.95. The highest BCUT2D eigenvalue weighted by atomic mass is 16.5. The summed E-state index contributed by atoms with van der Waals surface area (Å²) >= 11 is 0. The fourth-order valence-corrected chi connectivity index (χ4v) is 0.737. The van der Waals surface area contributed by atoms with E-state index in [1.807, 2.05) is 0 Å². The van der Waals surface area contributed by atoms with Crippen molar-refractivity contribution in [3.05, 3.63) is 11.5 Å². The molecule has 0 aliphatic carbocycles. The van der Waals surface area contributed by atoms with Crippen LogP contribution in [0.15, 0.2) is 11.5 Å². The molecule has 14 heavy (non-hydrogen) atoms. The number of carboxylic acids is 2. The molecule has 0 unspecified atom stereocenters. The van der Waals surface area contributed by atoms with Gasteiger partial charge in [0.2, 0.25) is 0 Å². The molecule has 0 aliphatic rings. The lowest BCUT2D eigenvalue weighted by Crippen LogP contribution is -2.16. The van der Waals surface area contributed by atoms with Crippen molar-refractivity contribution in [1.29, 1.82) is 0 Å². The van der Waals surface area contributed by atoms with Gasteiger partial charge >= 0.3 is 11.9 Å². The van der Waals surface area contributed by atoms with Crippen molar-refractivity contribution in [2.24, 2.45) is 0 Å². The third-order valence-corrected chi connectivity index (χ3v) is 1.17. The Balaban J connectivity index is 5.03. The molecule has 0 amide bonds. The summed E-state index contributed by atoms with van der Waals surface area (Å²) in [6.07, 6.45) is 0. The Bertz CT molecular complexity index is 229. The number of carbonyl (C=O) groups is 2. The first kappa shape index (κ1) is 12.3. The van der Waals surface area contributed by atoms with Gasteiger partial charge in [-0.05, 0) is 13.8 Å². The first-order chi connectivity index (χ1) is 6.54. The molecule has 0 radical (unpaired) electrons. The molecule has 0 heterocycles. The van der Waals surface area contributed by atoms with Crippen LogP contribution in [0.2, 0.25) is 0 Å². The average Bonchev–Trinajstić information content (AvgIpc) is 2.10. The van der Waals surface area contributed by atoms with Crippen molar-refractivity contribution >= 4 is 11.9 Å². The SMILES string of the molecule is CCO/C(C(=O)O)=C(/OCC)C(=O)O. The zero-order valence-electron chi connectivity index (χ0n) is 7.94. The van der Waals surface area contributed by atoms with Crippen LogP contribution in [0.5, 0.6) is 0 Å². The van der Waals surface area contributed by atoms with Crippen molar-refractivity contribution in [2.45, 2.75) is 13.8 Å². The monoisotopic (exact) mass is 204 g/mol. The lowest BCUT2D eigenvalue weighted by molar-refractivity contribution is -0.142. The van der Waals surface area contributed by atoms with E-state index in [-0.39, 0.29) is 13.2 Å². The van der Waals surface area contributed by atoms with Gasteiger partial charge < -0.3 is 19.7 Å². The van der Waals surface area contributed by atoms with Crippen LogP contribution < -0.4 is 0 Å². The number of aliphatic carboxylic acids is 2. The van der Waals surface area contributed by atoms with Crippen molar-refractivity contribution < 1.29 is 29.3 Å². The van der Waals surface area contributed by atoms with Gasteiger partial charge in [-0.25, -0.2) is 9.59 Å². The van der Waals surface area contributed by atoms with E-state index in [0.717, 1.165) is 0 Å². The minimum Gasteiger partial charge on any atom is -0.484 e. The molecule has 80 valence electrons. The number of hydrogen-bond donors (Lipinski definition) is 2. The summed E-state index contributed by atoms with van der Waals surface area (Å²) in [4.78, 5) is 21.2. The van der Waals surface area contributed by atoms with Crippen molar-refractivity contribution in [3.63, 3.8) is 0 Å². The second kappa shape index (κ2) is 5.85. The Labute approximate surface area is 80.7 Å². The van der Waals surface area contributed by atoms with Gasteiger partial charge in [0.05, 0.1) is 13.2 Å². The summed E-state index contributed by atoms with van der Waals surface area (Å²) in [5.41, 5.74) is 0. The largest absolute Gasteiger partial charge is 0.484 e. The second-order valence-electron chi connectivity index (χ2n) is 2.13. The van der Waals surface area contributed by atoms with Crippen LogP contribution in [0.1, 0.15) is 13.8 Å². The summed E-state index contributed by atoms with van der Waals surface area (Å²) in [6.45, 7) is 3.22. The summed E-state index contributed by atoms with van der Waals surface area (Å²) < 4.78 is 9.31. The summed E-state index contributed by atoms with van der Waals surface area (Å²) in [7, 11) is 0. The van der Waals surface area contributed by atoms with E-state index in [4.69, 9.17) is 10.2 Å². The van der Waals surface area contributed by atoms with E-state index in [9.17, 15) is 9.59 Å². The summed E-state index contributed by atoms with van der Waals surface area (Å²) in [6, 6.07) is 0. The number of hydrogen-bond acceptors (Lipinski definition) is 4. The highest BCUT2D eigenvalue weighted by Gasteiger charge is 2.23. The maximum Gasteiger partial charge on any atom is 0.375 e. The Morgan fingerprint density at radius 2 is 1.21 bits per heavy atom. The Morgan fingerprint density at radius 1 is 0.929 bits per heavy atom. The van der Waals surface area contributed by atoms with Crippen LogP contribution in [0.3, 0.4) is 0 Å². The fraction of sp³-hybridized carbons (Fsp3) is 0.500. The van der Waals surface area contributed by atoms with Gasteiger partial charge in [0.25, 0.3) is 11.5 Å². The molecule has 6 heteroatoms. The van der Waals surface area contributed by atoms with E-state index < -0.39 is 23.5 Å². The van der Waals surface area contributed by atoms with Crippen LogP contribution in [-0.2, 0) is 19.1 Å². The van der Waals surface area contributed by atoms with E-state index in [0.29, 0.717) is 0 Å². The minimum atomic E-state index is -1.46. The van der Waals surface area contributed by atoms with Crippen molar-refractivity contribution in [1.82, 2.24) is 0 Å². The Kier molecular flexibility index (Phi) is 5.13. The fourth-order valence-electron chi connectivity index (χ4n) is 0.737. The van der Waals surface area contributed by atoms with E-state index in [1.54, 1.807) is 13.8 Å².